The standard InChI is InChI=1S/C25H22Cl2F3N5O5S/c26-17-5-2-6-18(27)22(17)24(38)33-14-9-21-20(32-10-14)8-15(34-23(37)19(31)12-36)11-35(21)41(39,40)16-4-1-3-13(7-16)25(28,29)30/h1-7,9-10,15,19,36H,8,11-12,31H2,(H,33,38)(H,34,37)/t15?,19-/m1/s1. The number of nitrogens with two attached hydrogens (primary N) is 1. The molecule has 3 aromatic rings. The van der Waals surface area contributed by atoms with Gasteiger partial charge in [0.25, 0.3) is 15.9 Å². The Morgan fingerprint density at radius 3 is 2.44 bits per heavy atom. The van der Waals surface area contributed by atoms with E-state index in [2.05, 4.69) is 15.6 Å². The lowest BCUT2D eigenvalue weighted by atomic mass is 10.0. The molecule has 1 aliphatic heterocycles. The number of aliphatic hydroxyl groups is 1. The van der Waals surface area contributed by atoms with E-state index in [0.717, 1.165) is 22.5 Å². The molecule has 218 valence electrons. The molecule has 0 saturated heterocycles. The van der Waals surface area contributed by atoms with E-state index in [-0.39, 0.29) is 39.1 Å². The summed E-state index contributed by atoms with van der Waals surface area (Å²) in [4.78, 5) is 28.8. The number of aromatic nitrogens is 1. The monoisotopic (exact) mass is 631 g/mol. The number of carbonyl (C=O) groups excluding carboxylic acids is 2. The Kier molecular flexibility index (Phi) is 8.80. The highest BCUT2D eigenvalue weighted by molar-refractivity contribution is 7.92. The fraction of sp³-hybridized carbons (Fsp3) is 0.240. The second-order valence-electron chi connectivity index (χ2n) is 9.00. The highest BCUT2D eigenvalue weighted by Gasteiger charge is 2.37. The molecule has 0 bridgehead atoms. The summed E-state index contributed by atoms with van der Waals surface area (Å²) in [5.41, 5.74) is 4.50. The van der Waals surface area contributed by atoms with Crippen LogP contribution < -0.4 is 20.7 Å². The lowest BCUT2D eigenvalue weighted by molar-refractivity contribution is -0.137. The van der Waals surface area contributed by atoms with Crippen LogP contribution in [0.2, 0.25) is 10.0 Å². The fourth-order valence-electron chi connectivity index (χ4n) is 4.10. The molecule has 5 N–H and O–H groups in total. The molecule has 2 atom stereocenters. The van der Waals surface area contributed by atoms with Gasteiger partial charge in [-0.15, -0.1) is 0 Å². The van der Waals surface area contributed by atoms with E-state index in [1.807, 2.05) is 0 Å². The van der Waals surface area contributed by atoms with Gasteiger partial charge in [0.05, 0.1) is 68.5 Å². The average Bonchev–Trinajstić information content (AvgIpc) is 2.91. The summed E-state index contributed by atoms with van der Waals surface area (Å²) in [5, 5.41) is 14.4. The van der Waals surface area contributed by atoms with E-state index in [4.69, 9.17) is 28.9 Å². The van der Waals surface area contributed by atoms with E-state index in [1.54, 1.807) is 6.07 Å². The number of halogens is 5. The van der Waals surface area contributed by atoms with Crippen molar-refractivity contribution in [2.45, 2.75) is 29.6 Å². The lowest BCUT2D eigenvalue weighted by Gasteiger charge is -2.35. The van der Waals surface area contributed by atoms with E-state index in [0.29, 0.717) is 6.07 Å². The number of amides is 2. The number of nitrogens with zero attached hydrogens (tertiary/aromatic N) is 2. The minimum Gasteiger partial charge on any atom is -0.394 e. The second kappa shape index (κ2) is 11.8. The summed E-state index contributed by atoms with van der Waals surface area (Å²) in [6, 6.07) is 6.75. The molecule has 16 heteroatoms. The van der Waals surface area contributed by atoms with Crippen molar-refractivity contribution in [2.24, 2.45) is 5.73 Å². The molecule has 41 heavy (non-hydrogen) atoms. The maximum absolute atomic E-state index is 13.7. The Bertz CT molecular complexity index is 1590. The molecule has 0 fully saturated rings. The minimum atomic E-state index is -4.80. The molecule has 2 heterocycles. The van der Waals surface area contributed by atoms with Gasteiger partial charge in [-0.3, -0.25) is 18.9 Å². The Hall–Kier alpha value is -3.43. The largest absolute Gasteiger partial charge is 0.416 e. The van der Waals surface area contributed by atoms with Gasteiger partial charge in [0, 0.05) is 6.42 Å². The third kappa shape index (κ3) is 6.57. The van der Waals surface area contributed by atoms with Crippen LogP contribution in [0.4, 0.5) is 24.5 Å². The minimum absolute atomic E-state index is 0.0123. The average molecular weight is 632 g/mol. The number of hydrogen-bond donors (Lipinski definition) is 4. The number of benzene rings is 2. The number of nitrogens with one attached hydrogen (secondary N) is 2. The number of aliphatic hydroxyl groups excluding tert-OH is 1. The maximum atomic E-state index is 13.7. The van der Waals surface area contributed by atoms with Crippen LogP contribution in [0, 0.1) is 0 Å². The number of rotatable bonds is 7. The third-order valence-electron chi connectivity index (χ3n) is 6.12. The maximum Gasteiger partial charge on any atom is 0.416 e. The first-order valence-corrected chi connectivity index (χ1v) is 14.0. The Labute approximate surface area is 242 Å². The molecule has 0 aliphatic carbocycles. The van der Waals surface area contributed by atoms with E-state index < -0.39 is 63.7 Å². The highest BCUT2D eigenvalue weighted by atomic mass is 35.5. The molecule has 10 nitrogen and oxygen atoms in total. The van der Waals surface area contributed by atoms with Crippen LogP contribution in [-0.2, 0) is 27.4 Å². The van der Waals surface area contributed by atoms with Crippen molar-refractivity contribution in [3.8, 4) is 0 Å². The molecule has 1 aliphatic rings. The number of fused-ring (bicyclic) bond motifs is 1. The molecule has 4 rings (SSSR count). The van der Waals surface area contributed by atoms with Gasteiger partial charge in [-0.2, -0.15) is 13.2 Å². The van der Waals surface area contributed by atoms with Gasteiger partial charge in [0.15, 0.2) is 0 Å². The third-order valence-corrected chi connectivity index (χ3v) is 8.52. The normalized spacial score (nSPS) is 16.1. The molecular formula is C25H22Cl2F3N5O5S. The van der Waals surface area contributed by atoms with E-state index in [1.165, 1.54) is 24.4 Å². The van der Waals surface area contributed by atoms with E-state index in [9.17, 15) is 36.3 Å². The van der Waals surface area contributed by atoms with Gasteiger partial charge in [-0.05, 0) is 36.4 Å². The molecule has 0 spiro atoms. The Balaban J connectivity index is 1.75. The number of pyridine rings is 1. The van der Waals surface area contributed by atoms with Gasteiger partial charge >= 0.3 is 6.18 Å². The zero-order chi connectivity index (χ0) is 30.1. The van der Waals surface area contributed by atoms with Crippen molar-refractivity contribution in [1.82, 2.24) is 10.3 Å². The predicted molar refractivity (Wildman–Crippen MR) is 145 cm³/mol. The van der Waals surface area contributed by atoms with Crippen molar-refractivity contribution < 1.29 is 36.3 Å². The zero-order valence-corrected chi connectivity index (χ0v) is 23.2. The van der Waals surface area contributed by atoms with Gasteiger partial charge in [0.1, 0.15) is 6.04 Å². The summed E-state index contributed by atoms with van der Waals surface area (Å²) in [5.74, 6) is -1.48. The smallest absolute Gasteiger partial charge is 0.394 e. The van der Waals surface area contributed by atoms with Crippen LogP contribution in [0.3, 0.4) is 0 Å². The highest BCUT2D eigenvalue weighted by Crippen LogP contribution is 2.36. The quantitative estimate of drug-likeness (QED) is 0.312. The number of anilines is 2. The van der Waals surface area contributed by atoms with Crippen molar-refractivity contribution in [3.63, 3.8) is 0 Å². The number of sulfonamides is 1. The Morgan fingerprint density at radius 2 is 1.80 bits per heavy atom. The van der Waals surface area contributed by atoms with Crippen LogP contribution in [-0.4, -0.2) is 55.6 Å². The molecule has 2 aromatic carbocycles. The number of carbonyl (C=O) groups is 2. The Morgan fingerprint density at radius 1 is 1.15 bits per heavy atom. The SMILES string of the molecule is N[C@H](CO)C(=O)NC1Cc2ncc(NC(=O)c3c(Cl)cccc3Cl)cc2N(S(=O)(=O)c2cccc(C(F)(F)F)c2)C1. The van der Waals surface area contributed by atoms with Gasteiger partial charge < -0.3 is 21.5 Å². The van der Waals surface area contributed by atoms with Crippen molar-refractivity contribution in [1.29, 1.82) is 0 Å². The van der Waals surface area contributed by atoms with Crippen LogP contribution in [0.15, 0.2) is 59.6 Å². The first-order valence-electron chi connectivity index (χ1n) is 11.8. The molecule has 2 amide bonds. The molecule has 0 saturated carbocycles. The van der Waals surface area contributed by atoms with Crippen LogP contribution in [0.5, 0.6) is 0 Å². The lowest BCUT2D eigenvalue weighted by Crippen LogP contribution is -2.54. The number of alkyl halides is 3. The van der Waals surface area contributed by atoms with Crippen LogP contribution in [0.25, 0.3) is 0 Å². The predicted octanol–water partition coefficient (Wildman–Crippen LogP) is 3.22. The molecule has 1 unspecified atom stereocenters. The van der Waals surface area contributed by atoms with Crippen molar-refractivity contribution >= 4 is 56.4 Å². The number of hydrogen-bond acceptors (Lipinski definition) is 7. The van der Waals surface area contributed by atoms with Crippen LogP contribution in [0.1, 0.15) is 21.6 Å². The molecule has 0 radical (unpaired) electrons. The second-order valence-corrected chi connectivity index (χ2v) is 11.7. The van der Waals surface area contributed by atoms with Gasteiger partial charge in [-0.25, -0.2) is 8.42 Å². The van der Waals surface area contributed by atoms with Crippen molar-refractivity contribution in [3.05, 3.63) is 81.6 Å². The van der Waals surface area contributed by atoms with E-state index >= 15 is 0 Å². The van der Waals surface area contributed by atoms with Crippen molar-refractivity contribution in [2.75, 3.05) is 22.8 Å². The van der Waals surface area contributed by atoms with Crippen LogP contribution >= 0.6 is 23.2 Å². The summed E-state index contributed by atoms with van der Waals surface area (Å²) < 4.78 is 68.3. The summed E-state index contributed by atoms with van der Waals surface area (Å²) in [6.45, 7) is -1.08. The fourth-order valence-corrected chi connectivity index (χ4v) is 6.25. The zero-order valence-electron chi connectivity index (χ0n) is 20.8. The van der Waals surface area contributed by atoms with Gasteiger partial charge in [0.2, 0.25) is 5.91 Å². The molecule has 1 aromatic heterocycles. The first kappa shape index (κ1) is 30.5. The topological polar surface area (TPSA) is 155 Å². The molecular weight excluding hydrogens is 610 g/mol. The van der Waals surface area contributed by atoms with Gasteiger partial charge in [-0.1, -0.05) is 35.3 Å². The first-order chi connectivity index (χ1) is 19.2. The summed E-state index contributed by atoms with van der Waals surface area (Å²) in [6.07, 6.45) is -3.56. The summed E-state index contributed by atoms with van der Waals surface area (Å²) in [7, 11) is -4.66. The summed E-state index contributed by atoms with van der Waals surface area (Å²) >= 11 is 12.2.